The summed E-state index contributed by atoms with van der Waals surface area (Å²) in [7, 11) is 2.14. The first-order valence-corrected chi connectivity index (χ1v) is 6.18. The lowest BCUT2D eigenvalue weighted by Gasteiger charge is -2.26. The number of hydrogen-bond acceptors (Lipinski definition) is 2. The van der Waals surface area contributed by atoms with Gasteiger partial charge in [-0.2, -0.15) is 0 Å². The molecular formula is C14H24N2. The third kappa shape index (κ3) is 2.99. The van der Waals surface area contributed by atoms with Gasteiger partial charge in [-0.25, -0.2) is 0 Å². The lowest BCUT2D eigenvalue weighted by molar-refractivity contribution is 0.662. The third-order valence-corrected chi connectivity index (χ3v) is 3.42. The molecule has 0 aliphatic heterocycles. The highest BCUT2D eigenvalue weighted by molar-refractivity contribution is 5.48. The number of rotatable bonds is 5. The van der Waals surface area contributed by atoms with Crippen LogP contribution in [-0.2, 0) is 0 Å². The monoisotopic (exact) mass is 220 g/mol. The first-order valence-electron chi connectivity index (χ1n) is 6.18. The van der Waals surface area contributed by atoms with Crippen molar-refractivity contribution < 1.29 is 0 Å². The van der Waals surface area contributed by atoms with Gasteiger partial charge < -0.3 is 10.6 Å². The minimum Gasteiger partial charge on any atom is -0.372 e. The molecule has 0 fully saturated rings. The van der Waals surface area contributed by atoms with Crippen molar-refractivity contribution in [2.75, 3.05) is 11.9 Å². The predicted octanol–water partition coefficient (Wildman–Crippen LogP) is 3.33. The molecule has 0 aromatic heterocycles. The van der Waals surface area contributed by atoms with E-state index in [-0.39, 0.29) is 6.04 Å². The molecule has 2 atom stereocenters. The molecule has 1 rings (SSSR count). The van der Waals surface area contributed by atoms with Crippen molar-refractivity contribution in [3.05, 3.63) is 29.8 Å². The van der Waals surface area contributed by atoms with E-state index in [4.69, 9.17) is 5.73 Å². The minimum absolute atomic E-state index is 0.169. The van der Waals surface area contributed by atoms with Crippen LogP contribution in [0.25, 0.3) is 0 Å². The van der Waals surface area contributed by atoms with E-state index in [2.05, 4.69) is 57.0 Å². The van der Waals surface area contributed by atoms with Crippen LogP contribution < -0.4 is 10.6 Å². The Labute approximate surface area is 99.5 Å². The van der Waals surface area contributed by atoms with Crippen molar-refractivity contribution >= 4 is 5.69 Å². The summed E-state index contributed by atoms with van der Waals surface area (Å²) in [6, 6.07) is 9.35. The predicted molar refractivity (Wildman–Crippen MR) is 71.8 cm³/mol. The molecule has 0 aliphatic rings. The van der Waals surface area contributed by atoms with Crippen LogP contribution in [-0.4, -0.2) is 13.1 Å². The molecule has 90 valence electrons. The van der Waals surface area contributed by atoms with Gasteiger partial charge in [0, 0.05) is 24.8 Å². The van der Waals surface area contributed by atoms with Crippen LogP contribution in [0.1, 0.15) is 45.2 Å². The van der Waals surface area contributed by atoms with Gasteiger partial charge in [0.05, 0.1) is 0 Å². The molecule has 2 heteroatoms. The van der Waals surface area contributed by atoms with Crippen LogP contribution in [0.2, 0.25) is 0 Å². The van der Waals surface area contributed by atoms with Gasteiger partial charge in [-0.15, -0.1) is 0 Å². The summed E-state index contributed by atoms with van der Waals surface area (Å²) in [6.45, 7) is 6.57. The van der Waals surface area contributed by atoms with Gasteiger partial charge in [-0.05, 0) is 37.5 Å². The average molecular weight is 220 g/mol. The molecule has 1 aromatic carbocycles. The van der Waals surface area contributed by atoms with Crippen LogP contribution in [0.3, 0.4) is 0 Å². The third-order valence-electron chi connectivity index (χ3n) is 3.42. The molecule has 0 saturated carbocycles. The zero-order chi connectivity index (χ0) is 12.1. The smallest absolute Gasteiger partial charge is 0.0366 e. The molecule has 0 saturated heterocycles. The Bertz CT molecular complexity index is 305. The first kappa shape index (κ1) is 13.0. The number of nitrogens with zero attached hydrogens (tertiary/aromatic N) is 1. The van der Waals surface area contributed by atoms with E-state index in [1.807, 2.05) is 0 Å². The summed E-state index contributed by atoms with van der Waals surface area (Å²) in [6.07, 6.45) is 2.15. The van der Waals surface area contributed by atoms with E-state index in [9.17, 15) is 0 Å². The Balaban J connectivity index is 2.78. The second-order valence-corrected chi connectivity index (χ2v) is 4.47. The van der Waals surface area contributed by atoms with Gasteiger partial charge in [0.2, 0.25) is 0 Å². The van der Waals surface area contributed by atoms with Crippen LogP contribution >= 0.6 is 0 Å². The van der Waals surface area contributed by atoms with Crippen molar-refractivity contribution in [1.29, 1.82) is 0 Å². The Morgan fingerprint density at radius 3 is 2.12 bits per heavy atom. The highest BCUT2D eigenvalue weighted by Crippen LogP contribution is 2.20. The second-order valence-electron chi connectivity index (χ2n) is 4.47. The lowest BCUT2D eigenvalue weighted by Crippen LogP contribution is -2.27. The van der Waals surface area contributed by atoms with Gasteiger partial charge in [0.25, 0.3) is 0 Å². The summed E-state index contributed by atoms with van der Waals surface area (Å²) in [5.41, 5.74) is 8.48. The molecule has 2 nitrogen and oxygen atoms in total. The Morgan fingerprint density at radius 2 is 1.69 bits per heavy atom. The average Bonchev–Trinajstić information content (AvgIpc) is 2.36. The van der Waals surface area contributed by atoms with Crippen molar-refractivity contribution in [3.63, 3.8) is 0 Å². The quantitative estimate of drug-likeness (QED) is 0.824. The molecule has 0 heterocycles. The van der Waals surface area contributed by atoms with Crippen LogP contribution in [0, 0.1) is 0 Å². The lowest BCUT2D eigenvalue weighted by atomic mass is 10.0. The van der Waals surface area contributed by atoms with E-state index in [0.29, 0.717) is 6.04 Å². The zero-order valence-electron chi connectivity index (χ0n) is 10.9. The highest BCUT2D eigenvalue weighted by atomic mass is 15.1. The topological polar surface area (TPSA) is 29.3 Å². The fraction of sp³-hybridized carbons (Fsp3) is 0.571. The summed E-state index contributed by atoms with van der Waals surface area (Å²) in [5, 5.41) is 0. The Kier molecular flexibility index (Phi) is 4.81. The SMILES string of the molecule is CCC(N)c1ccc(N(C)C(C)CC)cc1. The number of benzene rings is 1. The first-order chi connectivity index (χ1) is 7.60. The minimum atomic E-state index is 0.169. The number of nitrogens with two attached hydrogens (primary N) is 1. The molecule has 2 N–H and O–H groups in total. The largest absolute Gasteiger partial charge is 0.372 e. The summed E-state index contributed by atoms with van der Waals surface area (Å²) >= 11 is 0. The normalized spacial score (nSPS) is 14.6. The van der Waals surface area contributed by atoms with Crippen molar-refractivity contribution in [2.24, 2.45) is 5.73 Å². The van der Waals surface area contributed by atoms with Crippen LogP contribution in [0.5, 0.6) is 0 Å². The molecule has 16 heavy (non-hydrogen) atoms. The van der Waals surface area contributed by atoms with Gasteiger partial charge in [0.15, 0.2) is 0 Å². The maximum Gasteiger partial charge on any atom is 0.0366 e. The van der Waals surface area contributed by atoms with Gasteiger partial charge in [0.1, 0.15) is 0 Å². The van der Waals surface area contributed by atoms with E-state index in [1.165, 1.54) is 11.3 Å². The maximum absolute atomic E-state index is 5.99. The second kappa shape index (κ2) is 5.90. The fourth-order valence-corrected chi connectivity index (χ4v) is 1.72. The molecule has 2 unspecified atom stereocenters. The Morgan fingerprint density at radius 1 is 1.12 bits per heavy atom. The van der Waals surface area contributed by atoms with Crippen molar-refractivity contribution in [1.82, 2.24) is 0 Å². The molecule has 0 spiro atoms. The number of anilines is 1. The van der Waals surface area contributed by atoms with Gasteiger partial charge >= 0.3 is 0 Å². The van der Waals surface area contributed by atoms with Gasteiger partial charge in [-0.1, -0.05) is 26.0 Å². The highest BCUT2D eigenvalue weighted by Gasteiger charge is 2.08. The molecule has 0 bridgehead atoms. The fourth-order valence-electron chi connectivity index (χ4n) is 1.72. The summed E-state index contributed by atoms with van der Waals surface area (Å²) < 4.78 is 0. The molecule has 0 aliphatic carbocycles. The van der Waals surface area contributed by atoms with E-state index in [0.717, 1.165) is 12.8 Å². The zero-order valence-corrected chi connectivity index (χ0v) is 10.9. The van der Waals surface area contributed by atoms with Crippen LogP contribution in [0.15, 0.2) is 24.3 Å². The van der Waals surface area contributed by atoms with E-state index < -0.39 is 0 Å². The van der Waals surface area contributed by atoms with E-state index >= 15 is 0 Å². The molecule has 1 aromatic rings. The van der Waals surface area contributed by atoms with Gasteiger partial charge in [-0.3, -0.25) is 0 Å². The molecule has 0 radical (unpaired) electrons. The summed E-state index contributed by atoms with van der Waals surface area (Å²) in [4.78, 5) is 2.31. The Hall–Kier alpha value is -1.02. The van der Waals surface area contributed by atoms with Crippen LogP contribution in [0.4, 0.5) is 5.69 Å². The molecule has 0 amide bonds. The molecular weight excluding hydrogens is 196 g/mol. The van der Waals surface area contributed by atoms with E-state index in [1.54, 1.807) is 0 Å². The number of hydrogen-bond donors (Lipinski definition) is 1. The van der Waals surface area contributed by atoms with Crippen molar-refractivity contribution in [3.8, 4) is 0 Å². The maximum atomic E-state index is 5.99. The summed E-state index contributed by atoms with van der Waals surface area (Å²) in [5.74, 6) is 0. The van der Waals surface area contributed by atoms with Crippen molar-refractivity contribution in [2.45, 2.75) is 45.7 Å². The standard InChI is InChI=1S/C14H24N2/c1-5-11(3)16(4)13-9-7-12(8-10-13)14(15)6-2/h7-11,14H,5-6,15H2,1-4H3.